The molecular weight excluding hydrogens is 194 g/mol. The molecule has 0 spiro atoms. The summed E-state index contributed by atoms with van der Waals surface area (Å²) in [5.41, 5.74) is -0.576. The molecule has 1 amide bonds. The van der Waals surface area contributed by atoms with Gasteiger partial charge in [-0.2, -0.15) is 0 Å². The normalized spacial score (nSPS) is 11.3. The molecule has 0 fully saturated rings. The summed E-state index contributed by atoms with van der Waals surface area (Å²) in [6.07, 6.45) is -0.317. The van der Waals surface area contributed by atoms with Crippen molar-refractivity contribution in [3.05, 3.63) is 0 Å². The quantitative estimate of drug-likeness (QED) is 0.561. The molecule has 0 atom stereocenters. The van der Waals surface area contributed by atoms with E-state index >= 15 is 0 Å². The van der Waals surface area contributed by atoms with Crippen LogP contribution in [0.1, 0.15) is 41.0 Å². The molecule has 0 aromatic heterocycles. The highest BCUT2D eigenvalue weighted by atomic mass is 16.2. The van der Waals surface area contributed by atoms with E-state index in [0.29, 0.717) is 0 Å². The van der Waals surface area contributed by atoms with Crippen molar-refractivity contribution in [3.63, 3.8) is 0 Å². The monoisotopic (exact) mass is 213 g/mol. The third kappa shape index (κ3) is 5.30. The van der Waals surface area contributed by atoms with Crippen LogP contribution in [0.3, 0.4) is 0 Å². The van der Waals surface area contributed by atoms with E-state index in [4.69, 9.17) is 0 Å². The molecule has 0 radical (unpaired) electrons. The van der Waals surface area contributed by atoms with Gasteiger partial charge in [-0.25, -0.2) is 0 Å². The summed E-state index contributed by atoms with van der Waals surface area (Å²) < 4.78 is 0. The molecule has 0 aromatic carbocycles. The highest BCUT2D eigenvalue weighted by Gasteiger charge is 2.26. The largest absolute Gasteiger partial charge is 0.347 e. The van der Waals surface area contributed by atoms with Gasteiger partial charge in [0.2, 0.25) is 5.78 Å². The molecule has 0 bridgehead atoms. The summed E-state index contributed by atoms with van der Waals surface area (Å²) in [4.78, 5) is 34.0. The van der Waals surface area contributed by atoms with Crippen molar-refractivity contribution < 1.29 is 14.4 Å². The number of carbonyl (C=O) groups excluding carboxylic acids is 3. The van der Waals surface area contributed by atoms with Crippen LogP contribution < -0.4 is 5.32 Å². The Morgan fingerprint density at radius 1 is 1.13 bits per heavy atom. The second-order valence-electron chi connectivity index (χ2n) is 4.90. The Hall–Kier alpha value is -1.19. The van der Waals surface area contributed by atoms with Crippen molar-refractivity contribution in [1.29, 1.82) is 0 Å². The molecule has 0 saturated carbocycles. The molecule has 0 aromatic rings. The van der Waals surface area contributed by atoms with Crippen LogP contribution in [0, 0.1) is 5.41 Å². The number of amides is 1. The highest BCUT2D eigenvalue weighted by molar-refractivity contribution is 6.39. The smallest absolute Gasteiger partial charge is 0.288 e. The first-order valence-corrected chi connectivity index (χ1v) is 5.01. The van der Waals surface area contributed by atoms with Crippen molar-refractivity contribution >= 4 is 17.5 Å². The third-order valence-corrected chi connectivity index (χ3v) is 1.83. The zero-order chi connectivity index (χ0) is 12.2. The lowest BCUT2D eigenvalue weighted by atomic mass is 9.88. The van der Waals surface area contributed by atoms with Crippen LogP contribution in [0.2, 0.25) is 0 Å². The first-order chi connectivity index (χ1) is 6.64. The van der Waals surface area contributed by atoms with Crippen LogP contribution in [0.5, 0.6) is 0 Å². The third-order valence-electron chi connectivity index (χ3n) is 1.83. The number of hydrogen-bond donors (Lipinski definition) is 1. The Bertz CT molecular complexity index is 274. The standard InChI is InChI=1S/C11H19NO3/c1-7(2)12-10(15)8(13)6-9(14)11(3,4)5/h7H,6H2,1-5H3,(H,12,15). The van der Waals surface area contributed by atoms with E-state index in [1.165, 1.54) is 0 Å². The number of nitrogens with one attached hydrogen (secondary N) is 1. The first kappa shape index (κ1) is 13.8. The summed E-state index contributed by atoms with van der Waals surface area (Å²) >= 11 is 0. The number of Topliss-reactive ketones (excluding diaryl/α,β-unsaturated/α-hetero) is 2. The summed E-state index contributed by atoms with van der Waals surface area (Å²) in [7, 11) is 0. The minimum Gasteiger partial charge on any atom is -0.347 e. The van der Waals surface area contributed by atoms with Crippen LogP contribution in [-0.2, 0) is 14.4 Å². The van der Waals surface area contributed by atoms with Gasteiger partial charge in [-0.1, -0.05) is 20.8 Å². The molecule has 0 aliphatic rings. The lowest BCUT2D eigenvalue weighted by molar-refractivity contribution is -0.141. The summed E-state index contributed by atoms with van der Waals surface area (Å²) in [5.74, 6) is -1.56. The molecule has 0 unspecified atom stereocenters. The maximum atomic E-state index is 11.5. The molecule has 0 rings (SSSR count). The van der Waals surface area contributed by atoms with Crippen molar-refractivity contribution in [2.75, 3.05) is 0 Å². The Morgan fingerprint density at radius 2 is 1.60 bits per heavy atom. The average Bonchev–Trinajstić information content (AvgIpc) is 2.00. The maximum absolute atomic E-state index is 11.5. The first-order valence-electron chi connectivity index (χ1n) is 5.01. The van der Waals surface area contributed by atoms with Crippen molar-refractivity contribution in [2.45, 2.75) is 47.1 Å². The zero-order valence-electron chi connectivity index (χ0n) is 10.0. The van der Waals surface area contributed by atoms with Crippen LogP contribution in [-0.4, -0.2) is 23.5 Å². The SMILES string of the molecule is CC(C)NC(=O)C(=O)CC(=O)C(C)(C)C. The second-order valence-corrected chi connectivity index (χ2v) is 4.90. The van der Waals surface area contributed by atoms with Crippen molar-refractivity contribution in [2.24, 2.45) is 5.41 Å². The van der Waals surface area contributed by atoms with Crippen LogP contribution >= 0.6 is 0 Å². The van der Waals surface area contributed by atoms with E-state index in [2.05, 4.69) is 5.32 Å². The van der Waals surface area contributed by atoms with Gasteiger partial charge in [0.25, 0.3) is 5.91 Å². The number of hydrogen-bond acceptors (Lipinski definition) is 3. The minimum atomic E-state index is -0.678. The molecule has 15 heavy (non-hydrogen) atoms. The van der Waals surface area contributed by atoms with Crippen LogP contribution in [0.25, 0.3) is 0 Å². The van der Waals surface area contributed by atoms with Crippen LogP contribution in [0.15, 0.2) is 0 Å². The Kier molecular flexibility index (Phi) is 4.65. The average molecular weight is 213 g/mol. The molecule has 4 heteroatoms. The zero-order valence-corrected chi connectivity index (χ0v) is 10.0. The molecular formula is C11H19NO3. The molecule has 0 aliphatic heterocycles. The summed E-state index contributed by atoms with van der Waals surface area (Å²) in [6, 6.07) is -0.0915. The van der Waals surface area contributed by atoms with Gasteiger partial charge in [0, 0.05) is 11.5 Å². The van der Waals surface area contributed by atoms with Gasteiger partial charge >= 0.3 is 0 Å². The van der Waals surface area contributed by atoms with Gasteiger partial charge in [0.05, 0.1) is 6.42 Å². The minimum absolute atomic E-state index is 0.0915. The lowest BCUT2D eigenvalue weighted by Crippen LogP contribution is -2.38. The lowest BCUT2D eigenvalue weighted by Gasteiger charge is -2.15. The molecule has 1 N–H and O–H groups in total. The second kappa shape index (κ2) is 5.05. The van der Waals surface area contributed by atoms with Gasteiger partial charge in [-0.15, -0.1) is 0 Å². The highest BCUT2D eigenvalue weighted by Crippen LogP contribution is 2.16. The Labute approximate surface area is 90.4 Å². The van der Waals surface area contributed by atoms with E-state index in [9.17, 15) is 14.4 Å². The topological polar surface area (TPSA) is 63.2 Å². The number of carbonyl (C=O) groups is 3. The van der Waals surface area contributed by atoms with Crippen molar-refractivity contribution in [3.8, 4) is 0 Å². The molecule has 0 saturated heterocycles. The fourth-order valence-electron chi connectivity index (χ4n) is 0.834. The predicted molar refractivity (Wildman–Crippen MR) is 57.4 cm³/mol. The molecule has 0 heterocycles. The van der Waals surface area contributed by atoms with Gasteiger partial charge in [-0.3, -0.25) is 14.4 Å². The summed E-state index contributed by atoms with van der Waals surface area (Å²) in [6.45, 7) is 8.70. The Balaban J connectivity index is 4.27. The predicted octanol–water partition coefficient (Wildman–Crippen LogP) is 1.09. The van der Waals surface area contributed by atoms with Crippen molar-refractivity contribution in [1.82, 2.24) is 5.32 Å². The van der Waals surface area contributed by atoms with E-state index in [1.54, 1.807) is 34.6 Å². The van der Waals surface area contributed by atoms with Gasteiger partial charge in [0.15, 0.2) is 0 Å². The van der Waals surface area contributed by atoms with Crippen LogP contribution in [0.4, 0.5) is 0 Å². The van der Waals surface area contributed by atoms with E-state index in [0.717, 1.165) is 0 Å². The fourth-order valence-corrected chi connectivity index (χ4v) is 0.834. The van der Waals surface area contributed by atoms with Gasteiger partial charge < -0.3 is 5.32 Å². The molecule has 0 aliphatic carbocycles. The fraction of sp³-hybridized carbons (Fsp3) is 0.727. The van der Waals surface area contributed by atoms with Gasteiger partial charge in [-0.05, 0) is 13.8 Å². The Morgan fingerprint density at radius 3 is 1.93 bits per heavy atom. The molecule has 4 nitrogen and oxygen atoms in total. The summed E-state index contributed by atoms with van der Waals surface area (Å²) in [5, 5.41) is 2.46. The number of rotatable bonds is 4. The van der Waals surface area contributed by atoms with E-state index < -0.39 is 17.1 Å². The maximum Gasteiger partial charge on any atom is 0.288 e. The number of ketones is 2. The van der Waals surface area contributed by atoms with E-state index in [-0.39, 0.29) is 18.2 Å². The van der Waals surface area contributed by atoms with E-state index in [1.807, 2.05) is 0 Å². The van der Waals surface area contributed by atoms with Gasteiger partial charge in [0.1, 0.15) is 5.78 Å². The molecule has 86 valence electrons.